The lowest BCUT2D eigenvalue weighted by molar-refractivity contribution is 0.175. The molecule has 29 heavy (non-hydrogen) atoms. The summed E-state index contributed by atoms with van der Waals surface area (Å²) in [5, 5.41) is 0.216. The summed E-state index contributed by atoms with van der Waals surface area (Å²) >= 11 is 0. The zero-order valence-corrected chi connectivity index (χ0v) is 18.0. The van der Waals surface area contributed by atoms with Gasteiger partial charge in [-0.15, -0.1) is 0 Å². The molecule has 1 saturated heterocycles. The Hall–Kier alpha value is -1.70. The lowest BCUT2D eigenvalue weighted by atomic mass is 9.90. The third kappa shape index (κ3) is 5.08. The summed E-state index contributed by atoms with van der Waals surface area (Å²) in [6, 6.07) is 10.7. The second-order valence-electron chi connectivity index (χ2n) is 8.39. The highest BCUT2D eigenvalue weighted by Gasteiger charge is 2.32. The number of imidazole rings is 1. The Morgan fingerprint density at radius 2 is 1.97 bits per heavy atom. The van der Waals surface area contributed by atoms with Crippen molar-refractivity contribution >= 4 is 9.84 Å². The lowest BCUT2D eigenvalue weighted by Gasteiger charge is -2.33. The predicted molar refractivity (Wildman–Crippen MR) is 113 cm³/mol. The summed E-state index contributed by atoms with van der Waals surface area (Å²) in [4.78, 5) is 6.79. The highest BCUT2D eigenvalue weighted by atomic mass is 32.2. The van der Waals surface area contributed by atoms with Gasteiger partial charge in [-0.1, -0.05) is 30.3 Å². The van der Waals surface area contributed by atoms with Crippen molar-refractivity contribution in [1.29, 1.82) is 0 Å². The molecule has 2 aliphatic rings. The molecule has 0 amide bonds. The van der Waals surface area contributed by atoms with Crippen LogP contribution in [-0.4, -0.2) is 55.4 Å². The van der Waals surface area contributed by atoms with E-state index in [1.54, 1.807) is 13.3 Å². The summed E-state index contributed by atoms with van der Waals surface area (Å²) in [6.07, 6.45) is 6.13. The minimum absolute atomic E-state index is 0.216. The number of ether oxygens (including phenoxy) is 1. The molecule has 158 valence electrons. The van der Waals surface area contributed by atoms with E-state index >= 15 is 0 Å². The van der Waals surface area contributed by atoms with Crippen LogP contribution in [0.4, 0.5) is 0 Å². The van der Waals surface area contributed by atoms with E-state index in [2.05, 4.69) is 40.2 Å². The van der Waals surface area contributed by atoms with Crippen molar-refractivity contribution < 1.29 is 13.2 Å². The molecule has 1 saturated carbocycles. The Balaban J connectivity index is 1.51. The van der Waals surface area contributed by atoms with Crippen LogP contribution in [0.3, 0.4) is 0 Å². The van der Waals surface area contributed by atoms with E-state index in [0.717, 1.165) is 44.6 Å². The molecule has 0 N–H and O–H groups in total. The molecule has 0 spiro atoms. The number of rotatable bonds is 9. The van der Waals surface area contributed by atoms with Crippen LogP contribution in [0.15, 0.2) is 41.7 Å². The standard InChI is InChI=1S/C22H31N3O3S/c1-28-13-12-25-21(14-23-22(25)29(26,27)17-18-9-10-18)16-24-11-5-8-20(15-24)19-6-3-2-4-7-19/h2-4,6-7,14,18,20H,5,8-13,15-17H2,1H3. The van der Waals surface area contributed by atoms with Crippen LogP contribution in [0, 0.1) is 5.92 Å². The molecule has 0 radical (unpaired) electrons. The molecular formula is C22H31N3O3S. The zero-order valence-electron chi connectivity index (χ0n) is 17.2. The van der Waals surface area contributed by atoms with Gasteiger partial charge in [-0.05, 0) is 49.6 Å². The minimum Gasteiger partial charge on any atom is -0.383 e. The average Bonchev–Trinajstić information content (AvgIpc) is 3.44. The van der Waals surface area contributed by atoms with E-state index < -0.39 is 9.84 Å². The van der Waals surface area contributed by atoms with Crippen molar-refractivity contribution in [2.45, 2.75) is 49.8 Å². The van der Waals surface area contributed by atoms with Crippen molar-refractivity contribution in [3.63, 3.8) is 0 Å². The first-order chi connectivity index (χ1) is 14.1. The van der Waals surface area contributed by atoms with E-state index in [0.29, 0.717) is 25.0 Å². The molecule has 1 aromatic carbocycles. The van der Waals surface area contributed by atoms with E-state index in [1.165, 1.54) is 12.0 Å². The smallest absolute Gasteiger partial charge is 0.227 e. The van der Waals surface area contributed by atoms with Crippen LogP contribution < -0.4 is 0 Å². The van der Waals surface area contributed by atoms with E-state index in [4.69, 9.17) is 4.74 Å². The van der Waals surface area contributed by atoms with Crippen LogP contribution in [-0.2, 0) is 27.7 Å². The molecule has 7 heteroatoms. The van der Waals surface area contributed by atoms with Crippen LogP contribution in [0.1, 0.15) is 42.9 Å². The fourth-order valence-corrected chi connectivity index (χ4v) is 6.14. The number of likely N-dealkylation sites (tertiary alicyclic amines) is 1. The summed E-state index contributed by atoms with van der Waals surface area (Å²) < 4.78 is 32.9. The van der Waals surface area contributed by atoms with E-state index in [9.17, 15) is 8.42 Å². The molecule has 1 unspecified atom stereocenters. The molecule has 4 rings (SSSR count). The number of hydrogen-bond donors (Lipinski definition) is 0. The van der Waals surface area contributed by atoms with Crippen molar-refractivity contribution in [2.75, 3.05) is 32.6 Å². The number of aromatic nitrogens is 2. The van der Waals surface area contributed by atoms with Gasteiger partial charge in [0, 0.05) is 26.7 Å². The maximum atomic E-state index is 12.9. The Labute approximate surface area is 173 Å². The molecule has 2 aromatic rings. The van der Waals surface area contributed by atoms with Gasteiger partial charge in [0.1, 0.15) is 0 Å². The quantitative estimate of drug-likeness (QED) is 0.627. The van der Waals surface area contributed by atoms with Gasteiger partial charge in [0.15, 0.2) is 0 Å². The lowest BCUT2D eigenvalue weighted by Crippen LogP contribution is -2.34. The Bertz CT molecular complexity index is 907. The number of sulfone groups is 1. The van der Waals surface area contributed by atoms with Gasteiger partial charge >= 0.3 is 0 Å². The highest BCUT2D eigenvalue weighted by molar-refractivity contribution is 7.91. The molecule has 0 bridgehead atoms. The van der Waals surface area contributed by atoms with Crippen LogP contribution in [0.2, 0.25) is 0 Å². The van der Waals surface area contributed by atoms with Gasteiger partial charge in [-0.3, -0.25) is 4.90 Å². The van der Waals surface area contributed by atoms with Gasteiger partial charge in [-0.25, -0.2) is 13.4 Å². The van der Waals surface area contributed by atoms with Crippen molar-refractivity contribution in [1.82, 2.24) is 14.5 Å². The summed E-state index contributed by atoms with van der Waals surface area (Å²) in [5.41, 5.74) is 2.35. The van der Waals surface area contributed by atoms with Crippen LogP contribution >= 0.6 is 0 Å². The molecule has 1 aliphatic heterocycles. The third-order valence-corrected chi connectivity index (χ3v) is 7.81. The molecule has 2 fully saturated rings. The zero-order chi connectivity index (χ0) is 20.3. The molecule has 1 aliphatic carbocycles. The van der Waals surface area contributed by atoms with Crippen molar-refractivity contribution in [3.05, 3.63) is 47.8 Å². The van der Waals surface area contributed by atoms with Gasteiger partial charge in [0.25, 0.3) is 0 Å². The largest absolute Gasteiger partial charge is 0.383 e. The summed E-state index contributed by atoms with van der Waals surface area (Å²) in [6.45, 7) is 3.73. The van der Waals surface area contributed by atoms with Gasteiger partial charge in [-0.2, -0.15) is 0 Å². The number of benzene rings is 1. The SMILES string of the molecule is COCCn1c(CN2CCCC(c3ccccc3)C2)cnc1S(=O)(=O)CC1CC1. The summed E-state index contributed by atoms with van der Waals surface area (Å²) in [7, 11) is -1.71. The Morgan fingerprint density at radius 1 is 1.17 bits per heavy atom. The highest BCUT2D eigenvalue weighted by Crippen LogP contribution is 2.32. The third-order valence-electron chi connectivity index (χ3n) is 6.01. The minimum atomic E-state index is -3.35. The maximum Gasteiger partial charge on any atom is 0.227 e. The monoisotopic (exact) mass is 417 g/mol. The molecular weight excluding hydrogens is 386 g/mol. The molecule has 2 heterocycles. The fraction of sp³-hybridized carbons (Fsp3) is 0.591. The van der Waals surface area contributed by atoms with Crippen LogP contribution in [0.5, 0.6) is 0 Å². The molecule has 1 atom stereocenters. The van der Waals surface area contributed by atoms with Gasteiger partial charge in [0.05, 0.1) is 24.3 Å². The van der Waals surface area contributed by atoms with Crippen molar-refractivity contribution in [2.24, 2.45) is 5.92 Å². The normalized spacial score (nSPS) is 20.8. The number of nitrogens with zero attached hydrogens (tertiary/aromatic N) is 3. The molecule has 1 aromatic heterocycles. The number of methoxy groups -OCH3 is 1. The van der Waals surface area contributed by atoms with E-state index in [-0.39, 0.29) is 10.9 Å². The fourth-order valence-electron chi connectivity index (χ4n) is 4.28. The first-order valence-corrected chi connectivity index (χ1v) is 12.3. The molecule has 6 nitrogen and oxygen atoms in total. The van der Waals surface area contributed by atoms with Crippen LogP contribution in [0.25, 0.3) is 0 Å². The van der Waals surface area contributed by atoms with E-state index in [1.807, 2.05) is 4.57 Å². The number of piperidine rings is 1. The average molecular weight is 418 g/mol. The first kappa shape index (κ1) is 20.6. The van der Waals surface area contributed by atoms with Gasteiger partial charge < -0.3 is 9.30 Å². The maximum absolute atomic E-state index is 12.9. The van der Waals surface area contributed by atoms with Crippen molar-refractivity contribution in [3.8, 4) is 0 Å². The number of hydrogen-bond acceptors (Lipinski definition) is 5. The topological polar surface area (TPSA) is 64.4 Å². The van der Waals surface area contributed by atoms with Gasteiger partial charge in [0.2, 0.25) is 15.0 Å². The second-order valence-corrected chi connectivity index (χ2v) is 10.3. The Morgan fingerprint density at radius 3 is 2.69 bits per heavy atom. The second kappa shape index (κ2) is 8.98. The summed E-state index contributed by atoms with van der Waals surface area (Å²) in [5.74, 6) is 1.05. The first-order valence-electron chi connectivity index (χ1n) is 10.6. The Kier molecular flexibility index (Phi) is 6.37. The predicted octanol–water partition coefficient (Wildman–Crippen LogP) is 3.09.